The van der Waals surface area contributed by atoms with Crippen LogP contribution in [0.1, 0.15) is 70.3 Å². The van der Waals surface area contributed by atoms with Gasteiger partial charge in [-0.25, -0.2) is 8.78 Å². The zero-order chi connectivity index (χ0) is 37.5. The Morgan fingerprint density at radius 1 is 1.04 bits per heavy atom. The monoisotopic (exact) mass is 737 g/mol. The number of fused-ring (bicyclic) bond motifs is 3. The number of halogens is 5. The van der Waals surface area contributed by atoms with E-state index in [1.165, 1.54) is 30.5 Å². The molecule has 0 amide bonds. The van der Waals surface area contributed by atoms with Crippen molar-refractivity contribution in [1.29, 1.82) is 0 Å². The standard InChI is InChI=1S/C39H40F5N5O4/c1-3-25-28(40)9-8-22-15-24(50)16-26(30(22)25)32-31(41)33-27(19-45-32)34(48-13-5-10-36(2,51)20-48)47-35(46-33)53-21-37-11-4-7-29(37)49(14-6-12-37)23-17-38(52,18-23)39(42,43)44/h1,8-9,15-16,19,23,29,50-52H,4-7,10-14,17-18,20-21H2,2H3/t23?,29?,36-,37-,38?/m1/s1. The number of aromatic hydroxyl groups is 1. The molecule has 14 heteroatoms. The number of piperidine rings is 2. The second kappa shape index (κ2) is 12.6. The van der Waals surface area contributed by atoms with Gasteiger partial charge in [0.1, 0.15) is 28.6 Å². The number of phenolic OH excluding ortho intramolecular Hbond substituents is 1. The van der Waals surface area contributed by atoms with Gasteiger partial charge in [0.2, 0.25) is 0 Å². The Bertz CT molecular complexity index is 2150. The first-order valence-electron chi connectivity index (χ1n) is 18.1. The first kappa shape index (κ1) is 35.7. The van der Waals surface area contributed by atoms with Crippen molar-refractivity contribution in [2.45, 2.75) is 94.2 Å². The lowest BCUT2D eigenvalue weighted by molar-refractivity contribution is -0.303. The summed E-state index contributed by atoms with van der Waals surface area (Å²) in [7, 11) is 0. The average Bonchev–Trinajstić information content (AvgIpc) is 3.53. The van der Waals surface area contributed by atoms with E-state index in [9.17, 15) is 32.9 Å². The van der Waals surface area contributed by atoms with E-state index in [4.69, 9.17) is 16.1 Å². The highest BCUT2D eigenvalue weighted by molar-refractivity contribution is 6.03. The zero-order valence-corrected chi connectivity index (χ0v) is 29.2. The van der Waals surface area contributed by atoms with Crippen LogP contribution < -0.4 is 9.64 Å². The first-order valence-corrected chi connectivity index (χ1v) is 18.1. The molecule has 2 aromatic heterocycles. The summed E-state index contributed by atoms with van der Waals surface area (Å²) in [6.07, 6.45) is 6.83. The Morgan fingerprint density at radius 2 is 1.79 bits per heavy atom. The van der Waals surface area contributed by atoms with Crippen LogP contribution in [-0.2, 0) is 0 Å². The lowest BCUT2D eigenvalue weighted by atomic mass is 9.69. The molecule has 8 rings (SSSR count). The van der Waals surface area contributed by atoms with E-state index in [1.54, 1.807) is 6.92 Å². The van der Waals surface area contributed by atoms with Gasteiger partial charge in [0.05, 0.1) is 23.2 Å². The highest BCUT2D eigenvalue weighted by Crippen LogP contribution is 2.54. The highest BCUT2D eigenvalue weighted by Gasteiger charge is 2.64. The maximum atomic E-state index is 17.0. The Morgan fingerprint density at radius 3 is 2.53 bits per heavy atom. The van der Waals surface area contributed by atoms with E-state index in [2.05, 4.69) is 20.8 Å². The van der Waals surface area contributed by atoms with Crippen LogP contribution in [-0.4, -0.2) is 90.9 Å². The van der Waals surface area contributed by atoms with Gasteiger partial charge in [-0.05, 0) is 75.6 Å². The number of aliphatic hydroxyl groups is 2. The van der Waals surface area contributed by atoms with Crippen molar-refractivity contribution in [2.24, 2.45) is 5.41 Å². The van der Waals surface area contributed by atoms with Gasteiger partial charge in [0.15, 0.2) is 11.4 Å². The Labute approximate surface area is 302 Å². The van der Waals surface area contributed by atoms with Crippen LogP contribution in [0.25, 0.3) is 32.9 Å². The molecule has 2 aliphatic carbocycles. The van der Waals surface area contributed by atoms with Gasteiger partial charge in [-0.2, -0.15) is 23.1 Å². The Hall–Kier alpha value is -4.32. The molecule has 1 unspecified atom stereocenters. The zero-order valence-electron chi connectivity index (χ0n) is 29.2. The second-order valence-corrected chi connectivity index (χ2v) is 15.7. The van der Waals surface area contributed by atoms with Gasteiger partial charge in [-0.1, -0.05) is 18.4 Å². The number of aromatic nitrogens is 3. The molecule has 4 aliphatic rings. The fourth-order valence-electron chi connectivity index (χ4n) is 9.44. The maximum Gasteiger partial charge on any atom is 0.417 e. The van der Waals surface area contributed by atoms with Crippen molar-refractivity contribution in [3.05, 3.63) is 47.7 Å². The van der Waals surface area contributed by atoms with Crippen LogP contribution in [0.5, 0.6) is 11.8 Å². The minimum absolute atomic E-state index is 0.0616. The quantitative estimate of drug-likeness (QED) is 0.148. The Balaban J connectivity index is 1.18. The minimum atomic E-state index is -4.68. The second-order valence-electron chi connectivity index (χ2n) is 15.7. The summed E-state index contributed by atoms with van der Waals surface area (Å²) < 4.78 is 78.8. The molecule has 0 spiro atoms. The Kier molecular flexibility index (Phi) is 8.51. The maximum absolute atomic E-state index is 17.0. The van der Waals surface area contributed by atoms with Crippen LogP contribution in [0.4, 0.5) is 27.8 Å². The van der Waals surface area contributed by atoms with Crippen LogP contribution in [0.3, 0.4) is 0 Å². The number of terminal acetylenes is 1. The molecular weight excluding hydrogens is 697 g/mol. The lowest BCUT2D eigenvalue weighted by Gasteiger charge is -2.55. The molecule has 280 valence electrons. The van der Waals surface area contributed by atoms with Crippen LogP contribution in [0.2, 0.25) is 0 Å². The smallest absolute Gasteiger partial charge is 0.417 e. The molecule has 2 aliphatic heterocycles. The molecule has 4 heterocycles. The van der Waals surface area contributed by atoms with Crippen LogP contribution in [0, 0.1) is 29.4 Å². The van der Waals surface area contributed by atoms with Crippen LogP contribution in [0.15, 0.2) is 30.5 Å². The molecule has 3 N–H and O–H groups in total. The molecule has 9 nitrogen and oxygen atoms in total. The number of hydrogen-bond donors (Lipinski definition) is 3. The van der Waals surface area contributed by atoms with Crippen molar-refractivity contribution >= 4 is 27.5 Å². The minimum Gasteiger partial charge on any atom is -0.508 e. The van der Waals surface area contributed by atoms with Crippen molar-refractivity contribution < 1.29 is 42.0 Å². The number of phenols is 1. The average molecular weight is 738 g/mol. The molecule has 4 aromatic rings. The number of rotatable bonds is 6. The summed E-state index contributed by atoms with van der Waals surface area (Å²) in [5.41, 5.74) is -4.52. The van der Waals surface area contributed by atoms with Crippen molar-refractivity contribution in [2.75, 3.05) is 31.1 Å². The molecule has 0 bridgehead atoms. The third-order valence-electron chi connectivity index (χ3n) is 12.1. The number of nitrogens with zero attached hydrogens (tertiary/aromatic N) is 5. The number of alkyl halides is 3. The molecule has 0 radical (unpaired) electrons. The molecular formula is C39H40F5N5O4. The molecule has 3 atom stereocenters. The van der Waals surface area contributed by atoms with Gasteiger partial charge < -0.3 is 25.0 Å². The number of hydrogen-bond acceptors (Lipinski definition) is 9. The predicted octanol–water partition coefficient (Wildman–Crippen LogP) is 6.63. The largest absolute Gasteiger partial charge is 0.508 e. The lowest BCUT2D eigenvalue weighted by Crippen LogP contribution is -2.66. The molecule has 2 saturated carbocycles. The predicted molar refractivity (Wildman–Crippen MR) is 187 cm³/mol. The molecule has 53 heavy (non-hydrogen) atoms. The fraction of sp³-hybridized carbons (Fsp3) is 0.513. The summed E-state index contributed by atoms with van der Waals surface area (Å²) in [5, 5.41) is 32.6. The molecule has 4 fully saturated rings. The van der Waals surface area contributed by atoms with Gasteiger partial charge >= 0.3 is 12.2 Å². The third kappa shape index (κ3) is 6.01. The number of ether oxygens (including phenoxy) is 1. The van der Waals surface area contributed by atoms with Crippen LogP contribution >= 0.6 is 0 Å². The van der Waals surface area contributed by atoms with Gasteiger partial charge in [-0.3, -0.25) is 9.88 Å². The topological polar surface area (TPSA) is 115 Å². The summed E-state index contributed by atoms with van der Waals surface area (Å²) in [5.74, 6) is 0.880. The van der Waals surface area contributed by atoms with E-state index < -0.39 is 40.5 Å². The summed E-state index contributed by atoms with van der Waals surface area (Å²) in [6, 6.07) is 4.72. The number of pyridine rings is 1. The molecule has 2 saturated heterocycles. The highest BCUT2D eigenvalue weighted by atomic mass is 19.4. The number of anilines is 1. The number of likely N-dealkylation sites (tertiary alicyclic amines) is 1. The van der Waals surface area contributed by atoms with Crippen molar-refractivity contribution in [1.82, 2.24) is 19.9 Å². The van der Waals surface area contributed by atoms with E-state index in [0.29, 0.717) is 37.1 Å². The van der Waals surface area contributed by atoms with Gasteiger partial charge in [0.25, 0.3) is 0 Å². The van der Waals surface area contributed by atoms with E-state index in [-0.39, 0.29) is 76.9 Å². The van der Waals surface area contributed by atoms with Gasteiger partial charge in [-0.15, -0.1) is 6.42 Å². The summed E-state index contributed by atoms with van der Waals surface area (Å²) in [6.45, 7) is 3.22. The molecule has 2 aromatic carbocycles. The SMILES string of the molecule is C#Cc1c(F)ccc2cc(O)cc(-c3ncc4c(N5CCC[C@@](C)(O)C5)nc(OC[C@]56CCCC5N(C5CC(O)(C(F)(F)F)C5)CCC6)nc4c3F)c12. The summed E-state index contributed by atoms with van der Waals surface area (Å²) in [4.78, 5) is 17.7. The third-order valence-corrected chi connectivity index (χ3v) is 12.1. The van der Waals surface area contributed by atoms with Crippen molar-refractivity contribution in [3.8, 4) is 35.4 Å². The van der Waals surface area contributed by atoms with E-state index in [0.717, 1.165) is 32.1 Å². The normalized spacial score (nSPS) is 29.2. The van der Waals surface area contributed by atoms with E-state index in [1.807, 2.05) is 4.90 Å². The number of β-amino-alcohol motifs (C(OH)–C–C–N with tert-alkyl or cyclic N) is 1. The van der Waals surface area contributed by atoms with E-state index >= 15 is 4.39 Å². The fourth-order valence-corrected chi connectivity index (χ4v) is 9.44. The van der Waals surface area contributed by atoms with Gasteiger partial charge in [0, 0.05) is 60.6 Å². The summed E-state index contributed by atoms with van der Waals surface area (Å²) >= 11 is 0. The number of benzene rings is 2. The van der Waals surface area contributed by atoms with Crippen molar-refractivity contribution in [3.63, 3.8) is 0 Å². The first-order chi connectivity index (χ1) is 25.1.